The molecule has 9 aromatic rings. The Morgan fingerprint density at radius 3 is 1.36 bits per heavy atom. The fourth-order valence-electron chi connectivity index (χ4n) is 14.5. The molecule has 0 spiro atoms. The van der Waals surface area contributed by atoms with Crippen molar-refractivity contribution >= 4 is 153 Å². The number of piperidine rings is 2. The summed E-state index contributed by atoms with van der Waals surface area (Å²) in [5, 5.41) is 24.4. The second-order valence-electron chi connectivity index (χ2n) is 27.8. The van der Waals surface area contributed by atoms with Gasteiger partial charge in [0, 0.05) is 154 Å². The molecule has 7 aliphatic rings. The molecule has 0 atom stereocenters. The van der Waals surface area contributed by atoms with Crippen molar-refractivity contribution < 1.29 is 29.0 Å². The number of likely N-dealkylation sites (tertiary alicyclic amines) is 1. The molecule has 4 amide bonds. The SMILES string of the molecule is CCN1C(=O)c2nc(C)sc2N(C)c2nc(Nc3ccc(N4CCC(O)CC4)cc3)ncc21.CCN1C(=O)c2nc(C)sc2N(C)c2nc(Nc3ccc(N4CCN(C)CC4)cc3)ncc21.COc1cc(C(=O)N2CCC(N3CCN(C)CC3)CC2)ccc1Nc1ncc2c(n1)N(C)c1sc(C)nc1C(=O)N2C. The molecule has 3 aromatic carbocycles. The van der Waals surface area contributed by atoms with Gasteiger partial charge in [-0.15, -0.1) is 34.0 Å². The van der Waals surface area contributed by atoms with Gasteiger partial charge in [0.05, 0.1) is 52.5 Å². The molecule has 0 aliphatic carbocycles. The first-order valence-corrected chi connectivity index (χ1v) is 39.0. The molecule has 4 N–H and O–H groups in total. The fraction of sp³-hybridized carbons (Fsp3) is 0.427. The van der Waals surface area contributed by atoms with Crippen molar-refractivity contribution in [3.05, 3.63) is 123 Å². The van der Waals surface area contributed by atoms with E-state index in [1.54, 1.807) is 48.6 Å². The number of nitrogens with zero attached hydrogens (tertiary/aromatic N) is 21. The molecule has 33 heteroatoms. The smallest absolute Gasteiger partial charge is 0.280 e. The van der Waals surface area contributed by atoms with Gasteiger partial charge in [-0.25, -0.2) is 29.9 Å². The Morgan fingerprint density at radius 2 is 0.907 bits per heavy atom. The van der Waals surface area contributed by atoms with E-state index in [9.17, 15) is 24.3 Å². The lowest BCUT2D eigenvalue weighted by Gasteiger charge is -2.42. The summed E-state index contributed by atoms with van der Waals surface area (Å²) >= 11 is 4.42. The first kappa shape index (κ1) is 74.6. The Balaban J connectivity index is 0.000000137. The monoisotopic (exact) mass is 1520 g/mol. The minimum Gasteiger partial charge on any atom is -0.495 e. The van der Waals surface area contributed by atoms with E-state index >= 15 is 0 Å². The molecule has 4 fully saturated rings. The Morgan fingerprint density at radius 1 is 0.491 bits per heavy atom. The normalized spacial score (nSPS) is 17.3. The molecule has 13 heterocycles. The summed E-state index contributed by atoms with van der Waals surface area (Å²) in [6.45, 7) is 22.5. The number of ether oxygens (including phenoxy) is 1. The van der Waals surface area contributed by atoms with Crippen molar-refractivity contribution in [3.63, 3.8) is 0 Å². The van der Waals surface area contributed by atoms with E-state index in [1.807, 2.05) is 99.6 Å². The van der Waals surface area contributed by atoms with Crippen molar-refractivity contribution in [2.45, 2.75) is 72.4 Å². The molecule has 108 heavy (non-hydrogen) atoms. The standard InChI is InChI=1S/C29H37N9O3S.C23H28N8OS.C23H27N7O2S/c1-18-31-24-27(40)35(3)22-17-30-29(33-25(22)36(4)28(24)42-18)32-21-7-6-19(16-23(21)41-5)26(39)38-10-8-20(9-11-38)37-14-12-34(2)13-15-37;1-5-31-18-14-24-23(27-20(18)29(4)22-19(21(31)32)25-15(2)33-22)26-16-6-8-17(9-7-16)30-12-10-28(3)11-13-30;1-4-30-18-13-24-23(27-20(18)28(3)22-19(21(30)32)25-14(2)33-22)26-15-5-7-16(8-6-15)29-11-9-17(31)10-12-29/h6-7,16-17,20H,8-15H2,1-5H3,(H,30,32,33);6-9,14H,5,10-13H2,1-4H3,(H,24,26,27);5-8,13,17,31H,4,9-12H2,1-3H3,(H,24,26,27). The Labute approximate surface area is 640 Å². The molecule has 566 valence electrons. The van der Waals surface area contributed by atoms with Gasteiger partial charge in [0.25, 0.3) is 23.6 Å². The van der Waals surface area contributed by atoms with Crippen LogP contribution in [0.15, 0.2) is 85.3 Å². The van der Waals surface area contributed by atoms with Crippen molar-refractivity contribution in [2.24, 2.45) is 0 Å². The predicted octanol–water partition coefficient (Wildman–Crippen LogP) is 10.4. The topological polar surface area (TPSA) is 289 Å². The van der Waals surface area contributed by atoms with Gasteiger partial charge in [-0.3, -0.25) is 24.1 Å². The van der Waals surface area contributed by atoms with Crippen LogP contribution in [-0.4, -0.2) is 246 Å². The Hall–Kier alpha value is -10.3. The van der Waals surface area contributed by atoms with Gasteiger partial charge in [-0.05, 0) is 141 Å². The maximum atomic E-state index is 13.4. The fourth-order valence-corrected chi connectivity index (χ4v) is 17.1. The average Bonchev–Trinajstić information content (AvgIpc) is 1.62. The molecule has 16 rings (SSSR count). The first-order valence-electron chi connectivity index (χ1n) is 36.6. The molecular formula is C75H92N24O6S3. The number of aromatic nitrogens is 9. The van der Waals surface area contributed by atoms with Crippen LogP contribution in [0.25, 0.3) is 0 Å². The number of rotatable bonds is 13. The number of thiazole rings is 3. The third-order valence-corrected chi connectivity index (χ3v) is 23.8. The van der Waals surface area contributed by atoms with Gasteiger partial charge in [0.2, 0.25) is 17.8 Å². The lowest BCUT2D eigenvalue weighted by atomic mass is 10.0. The number of anilines is 17. The molecule has 4 saturated heterocycles. The highest BCUT2D eigenvalue weighted by Gasteiger charge is 2.38. The van der Waals surface area contributed by atoms with E-state index in [0.29, 0.717) is 106 Å². The molecule has 7 aliphatic heterocycles. The Bertz CT molecular complexity index is 4590. The lowest BCUT2D eigenvalue weighted by Crippen LogP contribution is -2.52. The quantitative estimate of drug-likeness (QED) is 0.0834. The number of benzene rings is 3. The number of fused-ring (bicyclic) bond motifs is 6. The van der Waals surface area contributed by atoms with Crippen LogP contribution in [0.5, 0.6) is 5.75 Å². The van der Waals surface area contributed by atoms with Crippen LogP contribution in [0.3, 0.4) is 0 Å². The highest BCUT2D eigenvalue weighted by Crippen LogP contribution is 2.45. The molecule has 0 radical (unpaired) electrons. The molecule has 0 bridgehead atoms. The molecule has 6 aromatic heterocycles. The van der Waals surface area contributed by atoms with Crippen LogP contribution in [0.2, 0.25) is 0 Å². The predicted molar refractivity (Wildman–Crippen MR) is 429 cm³/mol. The number of amides is 4. The summed E-state index contributed by atoms with van der Waals surface area (Å²) < 4.78 is 5.67. The van der Waals surface area contributed by atoms with Crippen LogP contribution in [0.1, 0.15) is 96.4 Å². The van der Waals surface area contributed by atoms with Crippen LogP contribution >= 0.6 is 34.0 Å². The van der Waals surface area contributed by atoms with Crippen molar-refractivity contribution in [2.75, 3.05) is 196 Å². The summed E-state index contributed by atoms with van der Waals surface area (Å²) in [7, 11) is 13.3. The number of aliphatic hydroxyl groups is 1. The molecular weight excluding hydrogens is 1430 g/mol. The number of piperazine rings is 2. The van der Waals surface area contributed by atoms with Crippen LogP contribution < -0.4 is 59.9 Å². The number of carbonyl (C=O) groups excluding carboxylic acids is 4. The van der Waals surface area contributed by atoms with E-state index in [-0.39, 0.29) is 29.7 Å². The number of hydrogen-bond donors (Lipinski definition) is 4. The van der Waals surface area contributed by atoms with Crippen LogP contribution in [0.4, 0.5) is 95.8 Å². The number of carbonyl (C=O) groups is 4. The van der Waals surface area contributed by atoms with Crippen molar-refractivity contribution in [1.82, 2.24) is 64.5 Å². The summed E-state index contributed by atoms with van der Waals surface area (Å²) in [4.78, 5) is 118. The largest absolute Gasteiger partial charge is 0.495 e. The van der Waals surface area contributed by atoms with E-state index in [2.05, 4.69) is 121 Å². The molecule has 30 nitrogen and oxygen atoms in total. The summed E-state index contributed by atoms with van der Waals surface area (Å²) in [6.07, 6.45) is 8.44. The Kier molecular flexibility index (Phi) is 22.0. The zero-order valence-corrected chi connectivity index (χ0v) is 65.5. The third-order valence-electron chi connectivity index (χ3n) is 20.7. The van der Waals surface area contributed by atoms with Gasteiger partial charge in [-0.2, -0.15) is 15.0 Å². The van der Waals surface area contributed by atoms with Crippen LogP contribution in [-0.2, 0) is 0 Å². The number of aliphatic hydroxyl groups excluding tert-OH is 1. The van der Waals surface area contributed by atoms with Crippen LogP contribution in [0, 0.1) is 20.8 Å². The van der Waals surface area contributed by atoms with E-state index < -0.39 is 0 Å². The van der Waals surface area contributed by atoms with E-state index in [0.717, 1.165) is 151 Å². The minimum absolute atomic E-state index is 0.0166. The van der Waals surface area contributed by atoms with Gasteiger partial charge >= 0.3 is 0 Å². The second-order valence-corrected chi connectivity index (χ2v) is 31.3. The summed E-state index contributed by atoms with van der Waals surface area (Å²) in [6, 6.07) is 22.5. The second kappa shape index (κ2) is 31.9. The minimum atomic E-state index is -0.199. The van der Waals surface area contributed by atoms with Gasteiger partial charge in [-0.1, -0.05) is 0 Å². The molecule has 0 saturated carbocycles. The zero-order valence-electron chi connectivity index (χ0n) is 63.1. The zero-order chi connectivity index (χ0) is 75.8. The average molecular weight is 1520 g/mol. The van der Waals surface area contributed by atoms with Gasteiger partial charge in [0.1, 0.15) is 37.8 Å². The summed E-state index contributed by atoms with van der Waals surface area (Å²) in [5.74, 6) is 3.30. The van der Waals surface area contributed by atoms with E-state index in [4.69, 9.17) is 19.7 Å². The van der Waals surface area contributed by atoms with Gasteiger partial charge < -0.3 is 79.7 Å². The first-order chi connectivity index (χ1) is 52.1. The number of methoxy groups -OCH3 is 1. The number of nitrogens with one attached hydrogen (secondary N) is 3. The van der Waals surface area contributed by atoms with Crippen molar-refractivity contribution in [3.8, 4) is 5.75 Å². The molecule has 0 unspecified atom stereocenters. The number of likely N-dealkylation sites (N-methyl/N-ethyl adjacent to an activating group) is 2. The summed E-state index contributed by atoms with van der Waals surface area (Å²) in [5.41, 5.74) is 8.65. The maximum Gasteiger partial charge on any atom is 0.280 e. The third kappa shape index (κ3) is 15.5. The number of hydrogen-bond acceptors (Lipinski definition) is 29. The highest BCUT2D eigenvalue weighted by molar-refractivity contribution is 7.17. The number of aryl methyl sites for hydroxylation is 3. The van der Waals surface area contributed by atoms with E-state index in [1.165, 1.54) is 44.6 Å². The van der Waals surface area contributed by atoms with Gasteiger partial charge in [0.15, 0.2) is 34.5 Å². The lowest BCUT2D eigenvalue weighted by molar-refractivity contribution is 0.0518. The highest BCUT2D eigenvalue weighted by atomic mass is 32.1. The van der Waals surface area contributed by atoms with Crippen molar-refractivity contribution in [1.29, 1.82) is 0 Å². The maximum absolute atomic E-state index is 13.4.